The third-order valence-electron chi connectivity index (χ3n) is 2.03. The molecule has 0 unspecified atom stereocenters. The zero-order chi connectivity index (χ0) is 10.9. The van der Waals surface area contributed by atoms with Gasteiger partial charge < -0.3 is 0 Å². The molecule has 0 aliphatic heterocycles. The van der Waals surface area contributed by atoms with E-state index >= 15 is 0 Å². The molecule has 1 rings (SSSR count). The molecule has 0 aromatic heterocycles. The summed E-state index contributed by atoms with van der Waals surface area (Å²) in [6.45, 7) is 2.26. The van der Waals surface area contributed by atoms with Crippen molar-refractivity contribution in [2.75, 3.05) is 0 Å². The van der Waals surface area contributed by atoms with Gasteiger partial charge in [-0.15, -0.1) is 0 Å². The van der Waals surface area contributed by atoms with Crippen molar-refractivity contribution in [2.45, 2.75) is 32.0 Å². The first kappa shape index (κ1) is 13.3. The molecule has 0 aliphatic rings. The van der Waals surface area contributed by atoms with Crippen molar-refractivity contribution in [3.05, 3.63) is 38.9 Å². The topological polar surface area (TPSA) is 0 Å². The molecule has 0 bridgehead atoms. The summed E-state index contributed by atoms with van der Waals surface area (Å²) in [7, 11) is 0. The van der Waals surface area contributed by atoms with Gasteiger partial charge in [-0.2, -0.15) is 0 Å². The molecule has 15 heavy (non-hydrogen) atoms. The number of benzene rings is 1. The van der Waals surface area contributed by atoms with Gasteiger partial charge in [0.1, 0.15) is 0 Å². The molecule has 0 spiro atoms. The summed E-state index contributed by atoms with van der Waals surface area (Å²) < 4.78 is 3.35. The summed E-state index contributed by atoms with van der Waals surface area (Å²) in [5.41, 5.74) is 0. The van der Waals surface area contributed by atoms with Gasteiger partial charge in [0.15, 0.2) is 0 Å². The summed E-state index contributed by atoms with van der Waals surface area (Å²) in [4.78, 5) is 0. The standard InChI is InChI=1S/C13H18SeTe/c1-3-4-6-11-13(14-2)15-12-9-7-5-8-10-12/h5,7-11H,3-4,6H2,1-2H3/b13-11+. The van der Waals surface area contributed by atoms with Gasteiger partial charge in [-0.1, -0.05) is 0 Å². The average molecular weight is 381 g/mol. The van der Waals surface area contributed by atoms with Crippen molar-refractivity contribution in [3.63, 3.8) is 0 Å². The zero-order valence-electron chi connectivity index (χ0n) is 9.40. The molecule has 0 radical (unpaired) electrons. The Kier molecular flexibility index (Phi) is 7.49. The van der Waals surface area contributed by atoms with Crippen LogP contribution >= 0.6 is 0 Å². The number of rotatable bonds is 6. The van der Waals surface area contributed by atoms with E-state index in [4.69, 9.17) is 0 Å². The predicted octanol–water partition coefficient (Wildman–Crippen LogP) is 2.80. The Bertz CT molecular complexity index is 293. The van der Waals surface area contributed by atoms with E-state index in [1.165, 1.54) is 19.3 Å². The Morgan fingerprint density at radius 3 is 2.67 bits per heavy atom. The van der Waals surface area contributed by atoms with Crippen LogP contribution in [0.1, 0.15) is 26.2 Å². The van der Waals surface area contributed by atoms with E-state index in [0.717, 1.165) is 0 Å². The summed E-state index contributed by atoms with van der Waals surface area (Å²) in [6.07, 6.45) is 6.46. The normalized spacial score (nSPS) is 11.7. The molecule has 1 aromatic carbocycles. The van der Waals surface area contributed by atoms with Crippen LogP contribution in [0.2, 0.25) is 5.82 Å². The summed E-state index contributed by atoms with van der Waals surface area (Å²) >= 11 is 0.660. The minimum absolute atomic E-state index is 0.0539. The Morgan fingerprint density at radius 2 is 2.07 bits per heavy atom. The van der Waals surface area contributed by atoms with Gasteiger partial charge in [0.2, 0.25) is 0 Å². The van der Waals surface area contributed by atoms with E-state index in [1.807, 2.05) is 0 Å². The van der Waals surface area contributed by atoms with Gasteiger partial charge >= 0.3 is 110 Å². The Hall–Kier alpha value is 0.269. The van der Waals surface area contributed by atoms with E-state index < -0.39 is 0 Å². The first-order valence-corrected chi connectivity index (χ1v) is 10.2. The maximum absolute atomic E-state index is 2.51. The molecule has 0 heterocycles. The van der Waals surface area contributed by atoms with Gasteiger partial charge in [0.05, 0.1) is 0 Å². The quantitative estimate of drug-likeness (QED) is 0.526. The Balaban J connectivity index is 2.50. The molecule has 0 fully saturated rings. The summed E-state index contributed by atoms with van der Waals surface area (Å²) in [5.74, 6) is 2.35. The van der Waals surface area contributed by atoms with Crippen LogP contribution in [-0.2, 0) is 0 Å². The van der Waals surface area contributed by atoms with Crippen LogP contribution in [0, 0.1) is 0 Å². The number of unbranched alkanes of at least 4 members (excludes halogenated alkanes) is 2. The molecule has 0 atom stereocenters. The van der Waals surface area contributed by atoms with Crippen LogP contribution < -0.4 is 3.61 Å². The van der Waals surface area contributed by atoms with Gasteiger partial charge in [0.25, 0.3) is 0 Å². The molecule has 2 heteroatoms. The summed E-state index contributed by atoms with van der Waals surface area (Å²) in [5, 5.41) is 0. The number of hydrogen-bond donors (Lipinski definition) is 0. The van der Waals surface area contributed by atoms with Crippen molar-refractivity contribution in [1.29, 1.82) is 0 Å². The van der Waals surface area contributed by atoms with Crippen molar-refractivity contribution in [2.24, 2.45) is 0 Å². The van der Waals surface area contributed by atoms with Gasteiger partial charge in [-0.05, 0) is 0 Å². The molecule has 0 N–H and O–H groups in total. The third-order valence-corrected chi connectivity index (χ3v) is 9.37. The van der Waals surface area contributed by atoms with Crippen LogP contribution in [-0.4, -0.2) is 35.9 Å². The second-order valence-electron chi connectivity index (χ2n) is 3.28. The second-order valence-corrected chi connectivity index (χ2v) is 10.1. The molecule has 0 aliphatic carbocycles. The van der Waals surface area contributed by atoms with Crippen molar-refractivity contribution in [3.8, 4) is 0 Å². The van der Waals surface area contributed by atoms with E-state index in [2.05, 4.69) is 49.2 Å². The van der Waals surface area contributed by atoms with Crippen LogP contribution in [0.15, 0.2) is 38.9 Å². The third kappa shape index (κ3) is 5.78. The zero-order valence-corrected chi connectivity index (χ0v) is 13.4. The predicted molar refractivity (Wildman–Crippen MR) is 71.1 cm³/mol. The molecule has 82 valence electrons. The molecule has 0 nitrogen and oxygen atoms in total. The molecule has 0 amide bonds. The van der Waals surface area contributed by atoms with E-state index in [1.54, 1.807) is 6.13 Å². The van der Waals surface area contributed by atoms with Crippen molar-refractivity contribution < 1.29 is 0 Å². The molecule has 0 saturated carbocycles. The minimum atomic E-state index is -0.0539. The van der Waals surface area contributed by atoms with Crippen LogP contribution in [0.4, 0.5) is 0 Å². The fourth-order valence-corrected chi connectivity index (χ4v) is 6.63. The molecule has 0 saturated heterocycles. The second kappa shape index (κ2) is 8.42. The first-order chi connectivity index (χ1) is 7.36. The fourth-order valence-electron chi connectivity index (χ4n) is 1.20. The van der Waals surface area contributed by atoms with Crippen molar-refractivity contribution in [1.82, 2.24) is 0 Å². The van der Waals surface area contributed by atoms with E-state index in [-0.39, 0.29) is 20.9 Å². The van der Waals surface area contributed by atoms with Gasteiger partial charge in [-0.25, -0.2) is 0 Å². The van der Waals surface area contributed by atoms with Gasteiger partial charge in [0, 0.05) is 0 Å². The molecule has 1 aromatic rings. The van der Waals surface area contributed by atoms with Crippen LogP contribution in [0.3, 0.4) is 0 Å². The number of allylic oxidation sites excluding steroid dienone is 1. The van der Waals surface area contributed by atoms with Gasteiger partial charge in [-0.3, -0.25) is 0 Å². The van der Waals surface area contributed by atoms with Crippen LogP contribution in [0.25, 0.3) is 0 Å². The molecular weight excluding hydrogens is 363 g/mol. The van der Waals surface area contributed by atoms with Crippen LogP contribution in [0.5, 0.6) is 0 Å². The monoisotopic (exact) mass is 384 g/mol. The van der Waals surface area contributed by atoms with E-state index in [0.29, 0.717) is 15.0 Å². The fraction of sp³-hybridized carbons (Fsp3) is 0.385. The maximum atomic E-state index is 2.51. The van der Waals surface area contributed by atoms with Crippen molar-refractivity contribution >= 4 is 39.5 Å². The Morgan fingerprint density at radius 1 is 1.33 bits per heavy atom. The first-order valence-electron chi connectivity index (χ1n) is 5.34. The summed E-state index contributed by atoms with van der Waals surface area (Å²) in [6, 6.07) is 11.0. The number of hydrogen-bond acceptors (Lipinski definition) is 0. The molecular formula is C13H18SeTe. The Labute approximate surface area is 110 Å². The average Bonchev–Trinajstić information content (AvgIpc) is 2.29. The SMILES string of the molecule is CCCC/C=C(\[Se]C)[Te]c1ccccc1. The van der Waals surface area contributed by atoms with E-state index in [9.17, 15) is 0 Å².